The number of aryl methyl sites for hydroxylation is 3. The number of likely N-dealkylation sites (N-methyl/N-ethyl adjacent to an activating group) is 1. The van der Waals surface area contributed by atoms with Gasteiger partial charge in [-0.05, 0) is 99.4 Å². The summed E-state index contributed by atoms with van der Waals surface area (Å²) < 4.78 is 0. The molecule has 0 radical (unpaired) electrons. The Balaban J connectivity index is 1.65. The molecule has 2 amide bonds. The molecule has 0 fully saturated rings. The van der Waals surface area contributed by atoms with E-state index in [0.717, 1.165) is 44.0 Å². The van der Waals surface area contributed by atoms with Crippen molar-refractivity contribution < 1.29 is 9.59 Å². The van der Waals surface area contributed by atoms with Crippen LogP contribution in [0.2, 0.25) is 10.0 Å². The Bertz CT molecular complexity index is 2170. The van der Waals surface area contributed by atoms with Gasteiger partial charge < -0.3 is 0 Å². The van der Waals surface area contributed by atoms with E-state index in [4.69, 9.17) is 33.2 Å². The van der Waals surface area contributed by atoms with Crippen molar-refractivity contribution in [1.82, 2.24) is 14.9 Å². The second-order valence-electron chi connectivity index (χ2n) is 11.3. The maximum Gasteiger partial charge on any atom is 0.271 e. The number of hydrogen-bond acceptors (Lipinski definition) is 7. The Morgan fingerprint density at radius 2 is 1.33 bits per heavy atom. The fourth-order valence-corrected chi connectivity index (χ4v) is 7.22. The van der Waals surface area contributed by atoms with Gasteiger partial charge in [0.1, 0.15) is 17.5 Å². The minimum absolute atomic E-state index is 0.0642. The van der Waals surface area contributed by atoms with Gasteiger partial charge in [-0.1, -0.05) is 35.3 Å². The lowest BCUT2D eigenvalue weighted by Gasteiger charge is -2.35. The minimum atomic E-state index is -0.596. The second kappa shape index (κ2) is 10.3. The van der Waals surface area contributed by atoms with Gasteiger partial charge in [-0.2, -0.15) is 5.26 Å². The molecule has 1 aromatic heterocycles. The first-order valence-corrected chi connectivity index (χ1v) is 15.2. The van der Waals surface area contributed by atoms with E-state index in [1.165, 1.54) is 0 Å². The maximum atomic E-state index is 14.1. The number of halogens is 2. The van der Waals surface area contributed by atoms with Gasteiger partial charge in [0, 0.05) is 27.7 Å². The van der Waals surface area contributed by atoms with Gasteiger partial charge in [0.05, 0.1) is 28.0 Å². The normalized spacial score (nSPS) is 17.5. The van der Waals surface area contributed by atoms with Crippen molar-refractivity contribution in [3.05, 3.63) is 109 Å². The molecule has 0 N–H and O–H groups in total. The number of nitriles is 1. The molecule has 3 aromatic carbocycles. The number of benzene rings is 3. The average Bonchev–Trinajstić information content (AvgIpc) is 3.28. The zero-order valence-corrected chi connectivity index (χ0v) is 26.7. The van der Waals surface area contributed by atoms with E-state index < -0.39 is 11.8 Å². The summed E-state index contributed by atoms with van der Waals surface area (Å²) in [6, 6.07) is 17.2. The molecular formula is C35H26Cl2N6O2. The zero-order chi connectivity index (χ0) is 31.9. The van der Waals surface area contributed by atoms with Gasteiger partial charge in [0.15, 0.2) is 11.6 Å². The highest BCUT2D eigenvalue weighted by atomic mass is 35.5. The van der Waals surface area contributed by atoms with E-state index in [2.05, 4.69) is 0 Å². The standard InChI is InChI=1S/C35H26Cl2N6O2/c1-6-41-34(44)25(16-38)20(5)29(35(41)45)23-15-28-42(30-17(2)11-21(36)12-18(30)3)32-33(40-27-10-8-7-9-26(27)39-32)43(28)31-19(4)13-22(37)14-24(23)31/h7-15H,6H2,1-5H3/b29-23+. The third-order valence-electron chi connectivity index (χ3n) is 8.51. The first-order valence-electron chi connectivity index (χ1n) is 14.4. The molecule has 10 heteroatoms. The van der Waals surface area contributed by atoms with Crippen LogP contribution in [0.4, 0.5) is 23.0 Å². The van der Waals surface area contributed by atoms with Crippen LogP contribution < -0.4 is 9.80 Å². The maximum absolute atomic E-state index is 14.1. The van der Waals surface area contributed by atoms with E-state index in [9.17, 15) is 14.9 Å². The summed E-state index contributed by atoms with van der Waals surface area (Å²) in [7, 11) is 0. The number of allylic oxidation sites excluding steroid dienone is 2. The van der Waals surface area contributed by atoms with Gasteiger partial charge in [-0.15, -0.1) is 0 Å². The average molecular weight is 634 g/mol. The summed E-state index contributed by atoms with van der Waals surface area (Å²) in [5, 5.41) is 11.1. The van der Waals surface area contributed by atoms with E-state index in [0.29, 0.717) is 44.2 Å². The molecule has 3 aliphatic heterocycles. The predicted octanol–water partition coefficient (Wildman–Crippen LogP) is 7.99. The molecule has 8 nitrogen and oxygen atoms in total. The first-order chi connectivity index (χ1) is 21.5. The molecule has 3 aliphatic rings. The van der Waals surface area contributed by atoms with Crippen molar-refractivity contribution in [2.24, 2.45) is 0 Å². The summed E-state index contributed by atoms with van der Waals surface area (Å²) in [5.74, 6) is 0.862. The Morgan fingerprint density at radius 3 is 1.89 bits per heavy atom. The fraction of sp³-hybridized carbons (Fsp3) is 0.171. The highest BCUT2D eigenvalue weighted by Crippen LogP contribution is 2.56. The molecule has 0 aliphatic carbocycles. The van der Waals surface area contributed by atoms with E-state index in [1.54, 1.807) is 13.8 Å². The monoisotopic (exact) mass is 632 g/mol. The summed E-state index contributed by atoms with van der Waals surface area (Å²) in [4.78, 5) is 42.6. The van der Waals surface area contributed by atoms with E-state index in [-0.39, 0.29) is 17.7 Å². The molecule has 0 unspecified atom stereocenters. The van der Waals surface area contributed by atoms with E-state index >= 15 is 0 Å². The highest BCUT2D eigenvalue weighted by Gasteiger charge is 2.44. The number of amides is 2. The van der Waals surface area contributed by atoms with Crippen molar-refractivity contribution >= 4 is 74.6 Å². The Kier molecular flexibility index (Phi) is 6.59. The number of fused-ring (bicyclic) bond motifs is 6. The molecule has 4 heterocycles. The van der Waals surface area contributed by atoms with Crippen LogP contribution in [0.1, 0.15) is 36.1 Å². The van der Waals surface area contributed by atoms with Crippen molar-refractivity contribution in [1.29, 1.82) is 5.26 Å². The topological polar surface area (TPSA) is 93.4 Å². The number of imide groups is 1. The van der Waals surface area contributed by atoms with Crippen molar-refractivity contribution in [3.63, 3.8) is 0 Å². The Labute approximate surface area is 270 Å². The number of rotatable bonds is 2. The summed E-state index contributed by atoms with van der Waals surface area (Å²) in [5.41, 5.74) is 7.58. The third kappa shape index (κ3) is 4.12. The number of hydrogen-bond donors (Lipinski definition) is 0. The number of aromatic nitrogens is 2. The third-order valence-corrected chi connectivity index (χ3v) is 8.95. The molecule has 0 saturated heterocycles. The molecule has 0 bridgehead atoms. The zero-order valence-electron chi connectivity index (χ0n) is 25.2. The second-order valence-corrected chi connectivity index (χ2v) is 12.2. The lowest BCUT2D eigenvalue weighted by Crippen LogP contribution is -2.43. The van der Waals surface area contributed by atoms with Gasteiger partial charge in [0.2, 0.25) is 0 Å². The van der Waals surface area contributed by atoms with Crippen LogP contribution in [0.15, 0.2) is 77.1 Å². The molecule has 0 atom stereocenters. The summed E-state index contributed by atoms with van der Waals surface area (Å²) in [6.07, 6.45) is 1.91. The SMILES string of the molecule is CCN1C(=O)C(C#N)=C(C)/C(=C2/C=C3N(c4c(C)cc(Cl)cc4C)c4nc5ccccc5nc4N3c3c(C)cc(Cl)cc32)C1=O. The fourth-order valence-electron chi connectivity index (χ4n) is 6.62. The lowest BCUT2D eigenvalue weighted by molar-refractivity contribution is -0.140. The molecular weight excluding hydrogens is 607 g/mol. The molecule has 0 spiro atoms. The van der Waals surface area contributed by atoms with Crippen LogP contribution in [0.3, 0.4) is 0 Å². The van der Waals surface area contributed by atoms with Crippen molar-refractivity contribution in [2.45, 2.75) is 34.6 Å². The molecule has 45 heavy (non-hydrogen) atoms. The number of carbonyl (C=O) groups excluding carboxylic acids is 2. The molecule has 222 valence electrons. The number of nitrogens with zero attached hydrogens (tertiary/aromatic N) is 6. The predicted molar refractivity (Wildman–Crippen MR) is 177 cm³/mol. The summed E-state index contributed by atoms with van der Waals surface area (Å²) in [6.45, 7) is 9.43. The summed E-state index contributed by atoms with van der Waals surface area (Å²) >= 11 is 13.1. The molecule has 0 saturated carbocycles. The first kappa shape index (κ1) is 28.8. The van der Waals surface area contributed by atoms with Gasteiger partial charge in [-0.3, -0.25) is 24.3 Å². The van der Waals surface area contributed by atoms with Crippen LogP contribution in [-0.2, 0) is 9.59 Å². The highest BCUT2D eigenvalue weighted by molar-refractivity contribution is 6.31. The Hall–Kier alpha value is -4.97. The molecule has 7 rings (SSSR count). The smallest absolute Gasteiger partial charge is 0.271 e. The lowest BCUT2D eigenvalue weighted by atomic mass is 9.85. The quantitative estimate of drug-likeness (QED) is 0.163. The van der Waals surface area contributed by atoms with Crippen molar-refractivity contribution in [2.75, 3.05) is 16.3 Å². The van der Waals surface area contributed by atoms with Gasteiger partial charge >= 0.3 is 0 Å². The van der Waals surface area contributed by atoms with Crippen LogP contribution in [0.25, 0.3) is 16.6 Å². The number of carbonyl (C=O) groups is 2. The van der Waals surface area contributed by atoms with Crippen LogP contribution >= 0.6 is 23.2 Å². The van der Waals surface area contributed by atoms with E-state index in [1.807, 2.05) is 91.2 Å². The number of anilines is 4. The van der Waals surface area contributed by atoms with Gasteiger partial charge in [-0.25, -0.2) is 9.97 Å². The largest absolute Gasteiger partial charge is 0.276 e. The van der Waals surface area contributed by atoms with Gasteiger partial charge in [0.25, 0.3) is 11.8 Å². The van der Waals surface area contributed by atoms with Crippen LogP contribution in [0.5, 0.6) is 0 Å². The van der Waals surface area contributed by atoms with Crippen LogP contribution in [-0.4, -0.2) is 33.2 Å². The minimum Gasteiger partial charge on any atom is -0.276 e. The Morgan fingerprint density at radius 1 is 0.800 bits per heavy atom. The van der Waals surface area contributed by atoms with Crippen molar-refractivity contribution in [3.8, 4) is 6.07 Å². The molecule has 4 aromatic rings. The number of para-hydroxylation sites is 2. The van der Waals surface area contributed by atoms with Crippen LogP contribution in [0, 0.1) is 32.1 Å².